The van der Waals surface area contributed by atoms with Gasteiger partial charge in [-0.25, -0.2) is 8.42 Å². The van der Waals surface area contributed by atoms with Crippen molar-refractivity contribution in [2.75, 3.05) is 37.7 Å². The van der Waals surface area contributed by atoms with Gasteiger partial charge in [-0.1, -0.05) is 29.3 Å². The van der Waals surface area contributed by atoms with Gasteiger partial charge in [-0.3, -0.25) is 0 Å². The Morgan fingerprint density at radius 2 is 1.70 bits per heavy atom. The van der Waals surface area contributed by atoms with Gasteiger partial charge in [-0.2, -0.15) is 4.31 Å². The van der Waals surface area contributed by atoms with E-state index in [-0.39, 0.29) is 4.90 Å². The maximum atomic E-state index is 13.2. The quantitative estimate of drug-likeness (QED) is 0.715. The first kappa shape index (κ1) is 20.3. The molecule has 1 fully saturated rings. The first-order chi connectivity index (χ1) is 12.8. The summed E-state index contributed by atoms with van der Waals surface area (Å²) in [5, 5.41) is 0.995. The molecule has 1 saturated heterocycles. The van der Waals surface area contributed by atoms with Gasteiger partial charge < -0.3 is 9.64 Å². The summed E-state index contributed by atoms with van der Waals surface area (Å²) in [7, 11) is -3.62. The molecule has 0 bridgehead atoms. The Morgan fingerprint density at radius 3 is 2.33 bits per heavy atom. The lowest BCUT2D eigenvalue weighted by molar-refractivity contribution is 0.327. The van der Waals surface area contributed by atoms with Crippen molar-refractivity contribution in [2.45, 2.75) is 18.7 Å². The number of benzene rings is 2. The molecule has 0 aliphatic carbocycles. The van der Waals surface area contributed by atoms with Crippen LogP contribution in [0.1, 0.15) is 12.5 Å². The third kappa shape index (κ3) is 4.35. The molecule has 0 aromatic heterocycles. The molecule has 0 unspecified atom stereocenters. The van der Waals surface area contributed by atoms with Crippen molar-refractivity contribution in [3.63, 3.8) is 0 Å². The monoisotopic (exact) mass is 428 g/mol. The minimum atomic E-state index is -3.62. The van der Waals surface area contributed by atoms with Crippen LogP contribution in [0.15, 0.2) is 41.3 Å². The van der Waals surface area contributed by atoms with Crippen molar-refractivity contribution in [1.29, 1.82) is 0 Å². The van der Waals surface area contributed by atoms with E-state index in [1.54, 1.807) is 18.2 Å². The smallest absolute Gasteiger partial charge is 0.246 e. The molecule has 8 heteroatoms. The molecule has 27 heavy (non-hydrogen) atoms. The maximum Gasteiger partial charge on any atom is 0.246 e. The fourth-order valence-corrected chi connectivity index (χ4v) is 5.03. The third-order valence-corrected chi connectivity index (χ3v) is 7.18. The number of aryl methyl sites for hydroxylation is 1. The van der Waals surface area contributed by atoms with Crippen LogP contribution in [0.25, 0.3) is 0 Å². The Hall–Kier alpha value is -1.47. The molecule has 0 saturated carbocycles. The molecule has 2 aromatic carbocycles. The van der Waals surface area contributed by atoms with Gasteiger partial charge in [0.25, 0.3) is 0 Å². The van der Waals surface area contributed by atoms with Crippen LogP contribution < -0.4 is 9.64 Å². The van der Waals surface area contributed by atoms with Crippen molar-refractivity contribution in [3.8, 4) is 5.75 Å². The van der Waals surface area contributed by atoms with Crippen LogP contribution in [0.5, 0.6) is 5.75 Å². The second kappa shape index (κ2) is 8.27. The predicted molar refractivity (Wildman–Crippen MR) is 110 cm³/mol. The van der Waals surface area contributed by atoms with Crippen molar-refractivity contribution in [3.05, 3.63) is 52.0 Å². The number of halogens is 2. The Morgan fingerprint density at radius 1 is 1.00 bits per heavy atom. The van der Waals surface area contributed by atoms with Gasteiger partial charge in [0.2, 0.25) is 10.0 Å². The number of nitrogens with zero attached hydrogens (tertiary/aromatic N) is 2. The van der Waals surface area contributed by atoms with Crippen LogP contribution in [0, 0.1) is 6.92 Å². The van der Waals surface area contributed by atoms with E-state index in [0.29, 0.717) is 48.6 Å². The molecule has 2 aromatic rings. The number of anilines is 1. The van der Waals surface area contributed by atoms with E-state index in [9.17, 15) is 8.42 Å². The first-order valence-corrected chi connectivity index (χ1v) is 11.0. The molecule has 1 aliphatic rings. The molecule has 1 aliphatic heterocycles. The number of piperazine rings is 1. The molecule has 3 rings (SSSR count). The summed E-state index contributed by atoms with van der Waals surface area (Å²) in [6.07, 6.45) is 0. The molecule has 0 amide bonds. The minimum Gasteiger partial charge on any atom is -0.492 e. The molecule has 0 atom stereocenters. The topological polar surface area (TPSA) is 49.9 Å². The largest absolute Gasteiger partial charge is 0.492 e. The van der Waals surface area contributed by atoms with Gasteiger partial charge in [0, 0.05) is 31.9 Å². The number of hydrogen-bond donors (Lipinski definition) is 0. The summed E-state index contributed by atoms with van der Waals surface area (Å²) in [5.74, 6) is 0.398. The summed E-state index contributed by atoms with van der Waals surface area (Å²) in [6.45, 7) is 6.06. The highest BCUT2D eigenvalue weighted by Gasteiger charge is 2.31. The van der Waals surface area contributed by atoms with Crippen LogP contribution in [-0.2, 0) is 10.0 Å². The molecular formula is C19H22Cl2N2O3S. The summed E-state index contributed by atoms with van der Waals surface area (Å²) in [5.41, 5.74) is 1.82. The SMILES string of the molecule is CCOc1ccc(C)cc1S(=O)(=O)N1CCN(c2ccc(Cl)c(Cl)c2)CC1. The molecule has 5 nitrogen and oxygen atoms in total. The maximum absolute atomic E-state index is 13.2. The Kier molecular flexibility index (Phi) is 6.21. The fourth-order valence-electron chi connectivity index (χ4n) is 3.10. The highest BCUT2D eigenvalue weighted by Crippen LogP contribution is 2.31. The standard InChI is InChI=1S/C19H22Cl2N2O3S/c1-3-26-18-7-4-14(2)12-19(18)27(24,25)23-10-8-22(9-11-23)15-5-6-16(20)17(21)13-15/h4-7,12-13H,3,8-11H2,1-2H3. The highest BCUT2D eigenvalue weighted by molar-refractivity contribution is 7.89. The average molecular weight is 429 g/mol. The van der Waals surface area contributed by atoms with E-state index in [1.165, 1.54) is 4.31 Å². The van der Waals surface area contributed by atoms with Crippen molar-refractivity contribution in [1.82, 2.24) is 4.31 Å². The summed E-state index contributed by atoms with van der Waals surface area (Å²) < 4.78 is 33.4. The van der Waals surface area contributed by atoms with Gasteiger partial charge >= 0.3 is 0 Å². The molecule has 0 radical (unpaired) electrons. The van der Waals surface area contributed by atoms with E-state index >= 15 is 0 Å². The zero-order valence-electron chi connectivity index (χ0n) is 15.3. The number of rotatable bonds is 5. The van der Waals surface area contributed by atoms with Crippen molar-refractivity contribution < 1.29 is 13.2 Å². The Bertz CT molecular complexity index is 927. The van der Waals surface area contributed by atoms with Gasteiger partial charge in [-0.15, -0.1) is 0 Å². The third-order valence-electron chi connectivity index (χ3n) is 4.52. The van der Waals surface area contributed by atoms with Crippen LogP contribution in [0.2, 0.25) is 10.0 Å². The molecule has 1 heterocycles. The van der Waals surface area contributed by atoms with E-state index in [4.69, 9.17) is 27.9 Å². The summed E-state index contributed by atoms with van der Waals surface area (Å²) >= 11 is 12.1. The Labute approximate surface area is 170 Å². The van der Waals surface area contributed by atoms with Gasteiger partial charge in [0.05, 0.1) is 16.7 Å². The minimum absolute atomic E-state index is 0.229. The zero-order chi connectivity index (χ0) is 19.6. The number of sulfonamides is 1. The molecule has 0 N–H and O–H groups in total. The fraction of sp³-hybridized carbons (Fsp3) is 0.368. The van der Waals surface area contributed by atoms with Crippen molar-refractivity contribution in [2.24, 2.45) is 0 Å². The average Bonchev–Trinajstić information content (AvgIpc) is 2.65. The van der Waals surface area contributed by atoms with Gasteiger partial charge in [0.15, 0.2) is 0 Å². The lowest BCUT2D eigenvalue weighted by Crippen LogP contribution is -2.48. The van der Waals surface area contributed by atoms with E-state index in [0.717, 1.165) is 11.3 Å². The van der Waals surface area contributed by atoms with Crippen LogP contribution in [-0.4, -0.2) is 45.5 Å². The second-order valence-electron chi connectivity index (χ2n) is 6.37. The zero-order valence-corrected chi connectivity index (χ0v) is 17.6. The molecule has 0 spiro atoms. The number of ether oxygens (including phenoxy) is 1. The lowest BCUT2D eigenvalue weighted by atomic mass is 10.2. The van der Waals surface area contributed by atoms with E-state index < -0.39 is 10.0 Å². The predicted octanol–water partition coefficient (Wildman–Crippen LogP) is 4.21. The van der Waals surface area contributed by atoms with Crippen LogP contribution in [0.3, 0.4) is 0 Å². The summed E-state index contributed by atoms with van der Waals surface area (Å²) in [6, 6.07) is 10.7. The Balaban J connectivity index is 1.79. The van der Waals surface area contributed by atoms with Crippen LogP contribution >= 0.6 is 23.2 Å². The van der Waals surface area contributed by atoms with E-state index in [1.807, 2.05) is 32.0 Å². The van der Waals surface area contributed by atoms with Crippen LogP contribution in [0.4, 0.5) is 5.69 Å². The molecular weight excluding hydrogens is 407 g/mol. The first-order valence-electron chi connectivity index (χ1n) is 8.76. The van der Waals surface area contributed by atoms with Crippen molar-refractivity contribution >= 4 is 38.9 Å². The highest BCUT2D eigenvalue weighted by atomic mass is 35.5. The number of hydrogen-bond acceptors (Lipinski definition) is 4. The summed E-state index contributed by atoms with van der Waals surface area (Å²) in [4.78, 5) is 2.33. The van der Waals surface area contributed by atoms with Gasteiger partial charge in [0.1, 0.15) is 10.6 Å². The van der Waals surface area contributed by atoms with Gasteiger partial charge in [-0.05, 0) is 49.7 Å². The van der Waals surface area contributed by atoms with E-state index in [2.05, 4.69) is 4.90 Å². The second-order valence-corrected chi connectivity index (χ2v) is 9.09. The normalized spacial score (nSPS) is 15.8. The molecule has 146 valence electrons. The lowest BCUT2D eigenvalue weighted by Gasteiger charge is -2.35.